The lowest BCUT2D eigenvalue weighted by Crippen LogP contribution is -2.37. The second kappa shape index (κ2) is 8.87. The van der Waals surface area contributed by atoms with Gasteiger partial charge in [-0.15, -0.1) is 0 Å². The fourth-order valence-corrected chi connectivity index (χ4v) is 4.44. The van der Waals surface area contributed by atoms with Gasteiger partial charge < -0.3 is 19.5 Å². The van der Waals surface area contributed by atoms with E-state index in [0.29, 0.717) is 13.2 Å². The number of urea groups is 1. The molecule has 0 bridgehead atoms. The molecule has 0 spiro atoms. The molecule has 1 atom stereocenters. The molecule has 1 aliphatic rings. The number of nitrogens with zero attached hydrogens (tertiary/aromatic N) is 2. The minimum atomic E-state index is -0.256. The lowest BCUT2D eigenvalue weighted by atomic mass is 10.0. The highest BCUT2D eigenvalue weighted by Crippen LogP contribution is 2.37. The molecule has 1 aliphatic heterocycles. The third-order valence-electron chi connectivity index (χ3n) is 6.03. The molecule has 0 fully saturated rings. The lowest BCUT2D eigenvalue weighted by Gasteiger charge is -2.31. The van der Waals surface area contributed by atoms with Gasteiger partial charge in [0.1, 0.15) is 5.75 Å². The lowest BCUT2D eigenvalue weighted by molar-refractivity contribution is 0.194. The number of nitrogens with one attached hydrogen (secondary N) is 1. The van der Waals surface area contributed by atoms with Crippen LogP contribution in [0.1, 0.15) is 35.3 Å². The molecule has 5 heteroatoms. The number of amides is 2. The number of hydrogen-bond donors (Lipinski definition) is 1. The van der Waals surface area contributed by atoms with E-state index in [4.69, 9.17) is 4.74 Å². The number of carbonyl (C=O) groups is 1. The standard InChI is InChI=1S/C28H27N3O2/c1-3-33-24-16-12-21(13-17-24)27-26-9-6-18-30(26)25-8-5-4-7-22(25)19-31(27)28(32)29-23-14-10-20(2)11-15-23/h4-18,27H,3,19H2,1-2H3,(H,29,32). The number of benzene rings is 3. The molecule has 5 nitrogen and oxygen atoms in total. The zero-order valence-electron chi connectivity index (χ0n) is 18.9. The van der Waals surface area contributed by atoms with Crippen LogP contribution in [0, 0.1) is 6.92 Å². The monoisotopic (exact) mass is 437 g/mol. The summed E-state index contributed by atoms with van der Waals surface area (Å²) in [5, 5.41) is 3.10. The molecule has 1 unspecified atom stereocenters. The number of aromatic nitrogens is 1. The molecule has 0 saturated carbocycles. The zero-order chi connectivity index (χ0) is 22.8. The summed E-state index contributed by atoms with van der Waals surface area (Å²) in [7, 11) is 0. The Balaban J connectivity index is 1.59. The average molecular weight is 438 g/mol. The molecule has 2 amide bonds. The highest BCUT2D eigenvalue weighted by molar-refractivity contribution is 5.90. The van der Waals surface area contributed by atoms with Crippen LogP contribution in [0.3, 0.4) is 0 Å². The number of anilines is 1. The Bertz CT molecular complexity index is 1260. The van der Waals surface area contributed by atoms with Crippen LogP contribution in [-0.4, -0.2) is 22.1 Å². The smallest absolute Gasteiger partial charge is 0.322 e. The largest absolute Gasteiger partial charge is 0.494 e. The van der Waals surface area contributed by atoms with Gasteiger partial charge in [-0.2, -0.15) is 0 Å². The maximum Gasteiger partial charge on any atom is 0.322 e. The van der Waals surface area contributed by atoms with E-state index in [1.807, 2.05) is 73.3 Å². The van der Waals surface area contributed by atoms with Crippen molar-refractivity contribution in [3.8, 4) is 11.4 Å². The van der Waals surface area contributed by atoms with Crippen LogP contribution in [0.5, 0.6) is 5.75 Å². The van der Waals surface area contributed by atoms with Crippen molar-refractivity contribution in [2.24, 2.45) is 0 Å². The summed E-state index contributed by atoms with van der Waals surface area (Å²) >= 11 is 0. The predicted octanol–water partition coefficient (Wildman–Crippen LogP) is 6.32. The van der Waals surface area contributed by atoms with Crippen molar-refractivity contribution in [2.75, 3.05) is 11.9 Å². The zero-order valence-corrected chi connectivity index (χ0v) is 18.9. The molecular weight excluding hydrogens is 410 g/mol. The number of fused-ring (bicyclic) bond motifs is 3. The maximum absolute atomic E-state index is 13.7. The third-order valence-corrected chi connectivity index (χ3v) is 6.03. The average Bonchev–Trinajstić information content (AvgIpc) is 3.26. The van der Waals surface area contributed by atoms with Gasteiger partial charge >= 0.3 is 6.03 Å². The maximum atomic E-state index is 13.7. The van der Waals surface area contributed by atoms with Gasteiger partial charge in [-0.1, -0.05) is 48.0 Å². The van der Waals surface area contributed by atoms with Crippen molar-refractivity contribution in [2.45, 2.75) is 26.4 Å². The molecule has 33 heavy (non-hydrogen) atoms. The van der Waals surface area contributed by atoms with Gasteiger partial charge in [0, 0.05) is 17.6 Å². The van der Waals surface area contributed by atoms with Crippen LogP contribution in [0.2, 0.25) is 0 Å². The predicted molar refractivity (Wildman–Crippen MR) is 131 cm³/mol. The number of ether oxygens (including phenoxy) is 1. The summed E-state index contributed by atoms with van der Waals surface area (Å²) in [6.45, 7) is 5.12. The van der Waals surface area contributed by atoms with E-state index < -0.39 is 0 Å². The summed E-state index contributed by atoms with van der Waals surface area (Å²) in [6, 6.07) is 27.9. The second-order valence-electron chi connectivity index (χ2n) is 8.26. The molecule has 5 rings (SSSR count). The number of hydrogen-bond acceptors (Lipinski definition) is 2. The first kappa shape index (κ1) is 20.9. The molecule has 1 aromatic heterocycles. The Kier molecular flexibility index (Phi) is 5.61. The fraction of sp³-hybridized carbons (Fsp3) is 0.179. The van der Waals surface area contributed by atoms with Gasteiger partial charge in [-0.25, -0.2) is 4.79 Å². The fourth-order valence-electron chi connectivity index (χ4n) is 4.44. The number of carbonyl (C=O) groups excluding carboxylic acids is 1. The van der Waals surface area contributed by atoms with Crippen molar-refractivity contribution in [1.82, 2.24) is 9.47 Å². The van der Waals surface area contributed by atoms with E-state index in [9.17, 15) is 4.79 Å². The summed E-state index contributed by atoms with van der Waals surface area (Å²) in [6.07, 6.45) is 2.07. The molecule has 1 N–H and O–H groups in total. The topological polar surface area (TPSA) is 46.5 Å². The van der Waals surface area contributed by atoms with Crippen LogP contribution >= 0.6 is 0 Å². The van der Waals surface area contributed by atoms with Gasteiger partial charge in [0.25, 0.3) is 0 Å². The highest BCUT2D eigenvalue weighted by Gasteiger charge is 2.33. The first-order chi connectivity index (χ1) is 16.1. The first-order valence-corrected chi connectivity index (χ1v) is 11.3. The molecular formula is C28H27N3O2. The Morgan fingerprint density at radius 2 is 1.73 bits per heavy atom. The second-order valence-corrected chi connectivity index (χ2v) is 8.26. The van der Waals surface area contributed by atoms with E-state index in [1.54, 1.807) is 0 Å². The van der Waals surface area contributed by atoms with Crippen molar-refractivity contribution >= 4 is 11.7 Å². The van der Waals surface area contributed by atoms with Gasteiger partial charge in [-0.05, 0) is 67.4 Å². The van der Waals surface area contributed by atoms with Crippen LogP contribution < -0.4 is 10.1 Å². The Labute approximate surface area is 194 Å². The summed E-state index contributed by atoms with van der Waals surface area (Å²) < 4.78 is 7.83. The van der Waals surface area contributed by atoms with E-state index in [2.05, 4.69) is 46.4 Å². The van der Waals surface area contributed by atoms with E-state index in [-0.39, 0.29) is 12.1 Å². The molecule has 0 aliphatic carbocycles. The first-order valence-electron chi connectivity index (χ1n) is 11.3. The van der Waals surface area contributed by atoms with Crippen molar-refractivity contribution in [3.63, 3.8) is 0 Å². The van der Waals surface area contributed by atoms with Crippen molar-refractivity contribution in [3.05, 3.63) is 114 Å². The Morgan fingerprint density at radius 3 is 2.48 bits per heavy atom. The SMILES string of the molecule is CCOc1ccc(C2c3cccn3-c3ccccc3CN2C(=O)Nc2ccc(C)cc2)cc1. The number of aryl methyl sites for hydroxylation is 1. The third kappa shape index (κ3) is 4.10. The summed E-state index contributed by atoms with van der Waals surface area (Å²) in [5.74, 6) is 0.823. The molecule has 0 saturated heterocycles. The Morgan fingerprint density at radius 1 is 0.970 bits per heavy atom. The van der Waals surface area contributed by atoms with Crippen molar-refractivity contribution in [1.29, 1.82) is 0 Å². The van der Waals surface area contributed by atoms with E-state index in [1.165, 1.54) is 0 Å². The van der Waals surface area contributed by atoms with Gasteiger partial charge in [0.05, 0.1) is 24.9 Å². The quantitative estimate of drug-likeness (QED) is 0.406. The molecule has 4 aromatic rings. The summed E-state index contributed by atoms with van der Waals surface area (Å²) in [5.41, 5.74) is 6.21. The number of para-hydroxylation sites is 1. The summed E-state index contributed by atoms with van der Waals surface area (Å²) in [4.78, 5) is 15.6. The molecule has 166 valence electrons. The normalized spacial score (nSPS) is 14.7. The van der Waals surface area contributed by atoms with Gasteiger partial charge in [0.2, 0.25) is 0 Å². The van der Waals surface area contributed by atoms with Gasteiger partial charge in [-0.3, -0.25) is 0 Å². The number of rotatable bonds is 4. The molecule has 0 radical (unpaired) electrons. The molecule has 2 heterocycles. The highest BCUT2D eigenvalue weighted by atomic mass is 16.5. The van der Waals surface area contributed by atoms with Crippen molar-refractivity contribution < 1.29 is 9.53 Å². The van der Waals surface area contributed by atoms with Crippen LogP contribution in [-0.2, 0) is 6.54 Å². The minimum absolute atomic E-state index is 0.137. The Hall–Kier alpha value is -3.99. The van der Waals surface area contributed by atoms with Gasteiger partial charge in [0.15, 0.2) is 0 Å². The van der Waals surface area contributed by atoms with Crippen LogP contribution in [0.25, 0.3) is 5.69 Å². The van der Waals surface area contributed by atoms with Crippen LogP contribution in [0.4, 0.5) is 10.5 Å². The van der Waals surface area contributed by atoms with E-state index >= 15 is 0 Å². The van der Waals surface area contributed by atoms with Crippen LogP contribution in [0.15, 0.2) is 91.1 Å². The minimum Gasteiger partial charge on any atom is -0.494 e. The van der Waals surface area contributed by atoms with E-state index in [0.717, 1.165) is 39.5 Å². The molecule has 3 aromatic carbocycles.